The van der Waals surface area contributed by atoms with Gasteiger partial charge in [-0.15, -0.1) is 0 Å². The first-order valence-corrected chi connectivity index (χ1v) is 3.95. The molecule has 13 heavy (non-hydrogen) atoms. The Kier molecular flexibility index (Phi) is 6.48. The fraction of sp³-hybridized carbons (Fsp3) is 0.875. The van der Waals surface area contributed by atoms with E-state index in [9.17, 15) is 4.79 Å². The van der Waals surface area contributed by atoms with Crippen LogP contribution < -0.4 is 0 Å². The molecular formula is C8H16O5. The Morgan fingerprint density at radius 1 is 1.38 bits per heavy atom. The lowest BCUT2D eigenvalue weighted by Gasteiger charge is -2.22. The van der Waals surface area contributed by atoms with Gasteiger partial charge in [-0.2, -0.15) is 0 Å². The summed E-state index contributed by atoms with van der Waals surface area (Å²) in [4.78, 5) is 10.5. The van der Waals surface area contributed by atoms with Crippen molar-refractivity contribution in [1.82, 2.24) is 0 Å². The smallest absolute Gasteiger partial charge is 0.302 e. The number of hydrogen-bond donors (Lipinski definition) is 1. The highest BCUT2D eigenvalue weighted by Gasteiger charge is 2.21. The lowest BCUT2D eigenvalue weighted by molar-refractivity contribution is -0.167. The maximum absolute atomic E-state index is 10.5. The maximum atomic E-state index is 10.5. The molecule has 78 valence electrons. The minimum atomic E-state index is -0.552. The van der Waals surface area contributed by atoms with Crippen LogP contribution in [0.1, 0.15) is 6.92 Å². The van der Waals surface area contributed by atoms with Gasteiger partial charge >= 0.3 is 5.97 Å². The standard InChI is InChI=1S/C8H16O5/c1-6(10)13-5-7(4-9)8(11-2)12-3/h7-9H,4-5H2,1-3H3. The first-order valence-electron chi connectivity index (χ1n) is 3.95. The van der Waals surface area contributed by atoms with Crippen LogP contribution in [-0.2, 0) is 19.0 Å². The van der Waals surface area contributed by atoms with Crippen molar-refractivity contribution < 1.29 is 24.1 Å². The van der Waals surface area contributed by atoms with E-state index in [0.29, 0.717) is 0 Å². The molecule has 1 unspecified atom stereocenters. The van der Waals surface area contributed by atoms with Crippen LogP contribution >= 0.6 is 0 Å². The molecule has 1 atom stereocenters. The first kappa shape index (κ1) is 12.3. The van der Waals surface area contributed by atoms with Crippen molar-refractivity contribution in [3.05, 3.63) is 0 Å². The number of esters is 1. The van der Waals surface area contributed by atoms with E-state index >= 15 is 0 Å². The molecule has 0 rings (SSSR count). The SMILES string of the molecule is COC(OC)C(CO)COC(C)=O. The zero-order valence-corrected chi connectivity index (χ0v) is 8.15. The number of aliphatic hydroxyl groups excluding tert-OH is 1. The highest BCUT2D eigenvalue weighted by atomic mass is 16.7. The van der Waals surface area contributed by atoms with E-state index < -0.39 is 6.29 Å². The van der Waals surface area contributed by atoms with Gasteiger partial charge in [0.1, 0.15) is 6.61 Å². The summed E-state index contributed by atoms with van der Waals surface area (Å²) in [7, 11) is 2.93. The molecule has 0 spiro atoms. The van der Waals surface area contributed by atoms with E-state index in [1.165, 1.54) is 21.1 Å². The van der Waals surface area contributed by atoms with Gasteiger partial charge < -0.3 is 19.3 Å². The second-order valence-corrected chi connectivity index (χ2v) is 2.59. The Bertz CT molecular complexity index is 143. The predicted octanol–water partition coefficient (Wildman–Crippen LogP) is -0.223. The molecule has 5 heteroatoms. The summed E-state index contributed by atoms with van der Waals surface area (Å²) < 4.78 is 14.5. The van der Waals surface area contributed by atoms with Crippen molar-refractivity contribution in [2.45, 2.75) is 13.2 Å². The van der Waals surface area contributed by atoms with Gasteiger partial charge in [-0.05, 0) is 0 Å². The van der Waals surface area contributed by atoms with Crippen molar-refractivity contribution in [2.24, 2.45) is 5.92 Å². The van der Waals surface area contributed by atoms with Gasteiger partial charge in [-0.25, -0.2) is 0 Å². The van der Waals surface area contributed by atoms with Crippen LogP contribution in [0, 0.1) is 5.92 Å². The van der Waals surface area contributed by atoms with Crippen LogP contribution in [0.4, 0.5) is 0 Å². The van der Waals surface area contributed by atoms with Gasteiger partial charge in [0.15, 0.2) is 6.29 Å². The van der Waals surface area contributed by atoms with Gasteiger partial charge in [0.05, 0.1) is 12.5 Å². The molecule has 0 aromatic carbocycles. The van der Waals surface area contributed by atoms with Crippen molar-refractivity contribution in [1.29, 1.82) is 0 Å². The molecule has 0 saturated heterocycles. The quantitative estimate of drug-likeness (QED) is 0.465. The third-order valence-electron chi connectivity index (χ3n) is 1.58. The molecular weight excluding hydrogens is 176 g/mol. The third-order valence-corrected chi connectivity index (χ3v) is 1.58. The Morgan fingerprint density at radius 2 is 1.92 bits per heavy atom. The van der Waals surface area contributed by atoms with E-state index in [-0.39, 0.29) is 25.1 Å². The summed E-state index contributed by atoms with van der Waals surface area (Å²) in [5.41, 5.74) is 0. The van der Waals surface area contributed by atoms with E-state index in [0.717, 1.165) is 0 Å². The fourth-order valence-corrected chi connectivity index (χ4v) is 0.923. The lowest BCUT2D eigenvalue weighted by Crippen LogP contribution is -2.32. The summed E-state index contributed by atoms with van der Waals surface area (Å²) in [6, 6.07) is 0. The summed E-state index contributed by atoms with van der Waals surface area (Å²) >= 11 is 0. The summed E-state index contributed by atoms with van der Waals surface area (Å²) in [5, 5.41) is 8.92. The summed E-state index contributed by atoms with van der Waals surface area (Å²) in [6.07, 6.45) is -0.552. The zero-order chi connectivity index (χ0) is 10.3. The summed E-state index contributed by atoms with van der Waals surface area (Å²) in [6.45, 7) is 1.25. The number of carbonyl (C=O) groups excluding carboxylic acids is 1. The molecule has 0 bridgehead atoms. The van der Waals surface area contributed by atoms with E-state index in [2.05, 4.69) is 0 Å². The predicted molar refractivity (Wildman–Crippen MR) is 45.0 cm³/mol. The molecule has 5 nitrogen and oxygen atoms in total. The molecule has 0 aliphatic rings. The Morgan fingerprint density at radius 3 is 2.23 bits per heavy atom. The largest absolute Gasteiger partial charge is 0.465 e. The van der Waals surface area contributed by atoms with Crippen LogP contribution in [0.2, 0.25) is 0 Å². The molecule has 0 amide bonds. The van der Waals surface area contributed by atoms with Gasteiger partial charge in [0, 0.05) is 21.1 Å². The lowest BCUT2D eigenvalue weighted by atomic mass is 10.1. The minimum Gasteiger partial charge on any atom is -0.465 e. The van der Waals surface area contributed by atoms with Crippen LogP contribution in [0.5, 0.6) is 0 Å². The highest BCUT2D eigenvalue weighted by molar-refractivity contribution is 5.65. The molecule has 0 heterocycles. The Labute approximate surface area is 77.6 Å². The maximum Gasteiger partial charge on any atom is 0.302 e. The topological polar surface area (TPSA) is 65.0 Å². The molecule has 0 aromatic rings. The molecule has 0 radical (unpaired) electrons. The van der Waals surface area contributed by atoms with Gasteiger partial charge in [0.25, 0.3) is 0 Å². The van der Waals surface area contributed by atoms with Crippen molar-refractivity contribution >= 4 is 5.97 Å². The second-order valence-electron chi connectivity index (χ2n) is 2.59. The average Bonchev–Trinajstić information content (AvgIpc) is 2.11. The second kappa shape index (κ2) is 6.82. The number of ether oxygens (including phenoxy) is 3. The molecule has 1 N–H and O–H groups in total. The Balaban J connectivity index is 3.92. The zero-order valence-electron chi connectivity index (χ0n) is 8.15. The molecule has 0 aromatic heterocycles. The van der Waals surface area contributed by atoms with Crippen molar-refractivity contribution in [3.8, 4) is 0 Å². The van der Waals surface area contributed by atoms with Crippen LogP contribution in [0.25, 0.3) is 0 Å². The number of methoxy groups -OCH3 is 2. The van der Waals surface area contributed by atoms with Crippen molar-refractivity contribution in [2.75, 3.05) is 27.4 Å². The van der Waals surface area contributed by atoms with Crippen LogP contribution in [-0.4, -0.2) is 44.8 Å². The molecule has 0 fully saturated rings. The molecule has 0 saturated carbocycles. The van der Waals surface area contributed by atoms with E-state index in [1.807, 2.05) is 0 Å². The number of rotatable bonds is 6. The molecule has 0 aliphatic heterocycles. The van der Waals surface area contributed by atoms with Crippen molar-refractivity contribution in [3.63, 3.8) is 0 Å². The monoisotopic (exact) mass is 192 g/mol. The normalized spacial score (nSPS) is 13.0. The van der Waals surface area contributed by atoms with Crippen LogP contribution in [0.3, 0.4) is 0 Å². The van der Waals surface area contributed by atoms with Crippen LogP contribution in [0.15, 0.2) is 0 Å². The molecule has 0 aliphatic carbocycles. The number of aliphatic hydroxyl groups is 1. The fourth-order valence-electron chi connectivity index (χ4n) is 0.923. The first-order chi connectivity index (χ1) is 6.15. The van der Waals surface area contributed by atoms with E-state index in [1.54, 1.807) is 0 Å². The number of hydrogen-bond acceptors (Lipinski definition) is 5. The van der Waals surface area contributed by atoms with Gasteiger partial charge in [-0.1, -0.05) is 0 Å². The summed E-state index contributed by atoms with van der Waals surface area (Å²) in [5.74, 6) is -0.733. The highest BCUT2D eigenvalue weighted by Crippen LogP contribution is 2.08. The number of carbonyl (C=O) groups is 1. The van der Waals surface area contributed by atoms with Gasteiger partial charge in [-0.3, -0.25) is 4.79 Å². The van der Waals surface area contributed by atoms with Gasteiger partial charge in [0.2, 0.25) is 0 Å². The third kappa shape index (κ3) is 4.82. The Hall–Kier alpha value is -0.650. The minimum absolute atomic E-state index is 0.0954. The van der Waals surface area contributed by atoms with E-state index in [4.69, 9.17) is 19.3 Å². The average molecular weight is 192 g/mol.